The Morgan fingerprint density at radius 2 is 2.29 bits per heavy atom. The van der Waals surface area contributed by atoms with Gasteiger partial charge >= 0.3 is 0 Å². The average Bonchev–Trinajstić information content (AvgIpc) is 2.19. The van der Waals surface area contributed by atoms with E-state index in [-0.39, 0.29) is 0 Å². The number of nitrogens with zero attached hydrogens (tertiary/aromatic N) is 1. The molecular formula is C11H15ClN2. The summed E-state index contributed by atoms with van der Waals surface area (Å²) >= 11 is 5.99. The lowest BCUT2D eigenvalue weighted by atomic mass is 9.97. The molecule has 0 aliphatic carbocycles. The molecule has 1 aromatic carbocycles. The highest BCUT2D eigenvalue weighted by Gasteiger charge is 2.21. The predicted octanol–water partition coefficient (Wildman–Crippen LogP) is 2.44. The molecule has 0 radical (unpaired) electrons. The van der Waals surface area contributed by atoms with Gasteiger partial charge in [0, 0.05) is 30.3 Å². The van der Waals surface area contributed by atoms with E-state index in [0.717, 1.165) is 18.0 Å². The minimum Gasteiger partial charge on any atom is -0.374 e. The molecule has 1 N–H and O–H groups in total. The molecule has 0 aromatic heterocycles. The lowest BCUT2D eigenvalue weighted by molar-refractivity contribution is 0.528. The Balaban J connectivity index is 2.45. The number of hydrogen-bond donors (Lipinski definition) is 1. The maximum absolute atomic E-state index is 5.99. The summed E-state index contributed by atoms with van der Waals surface area (Å²) in [6.45, 7) is 1.08. The summed E-state index contributed by atoms with van der Waals surface area (Å²) in [7, 11) is 4.12. The lowest BCUT2D eigenvalue weighted by Gasteiger charge is -2.33. The first-order valence-corrected chi connectivity index (χ1v) is 5.28. The normalized spacial score (nSPS) is 20.8. The van der Waals surface area contributed by atoms with Gasteiger partial charge in [0.2, 0.25) is 0 Å². The molecule has 14 heavy (non-hydrogen) atoms. The third-order valence-electron chi connectivity index (χ3n) is 2.88. The number of benzene rings is 1. The fraction of sp³-hybridized carbons (Fsp3) is 0.455. The van der Waals surface area contributed by atoms with Crippen molar-refractivity contribution in [2.45, 2.75) is 12.5 Å². The van der Waals surface area contributed by atoms with Crippen LogP contribution in [0.5, 0.6) is 0 Å². The molecule has 1 aromatic rings. The third-order valence-corrected chi connectivity index (χ3v) is 3.12. The Morgan fingerprint density at radius 1 is 1.50 bits per heavy atom. The summed E-state index contributed by atoms with van der Waals surface area (Å²) in [4.78, 5) is 2.26. The van der Waals surface area contributed by atoms with E-state index in [1.807, 2.05) is 19.2 Å². The van der Waals surface area contributed by atoms with Gasteiger partial charge in [0.05, 0.1) is 0 Å². The van der Waals surface area contributed by atoms with E-state index in [4.69, 9.17) is 11.6 Å². The van der Waals surface area contributed by atoms with Gasteiger partial charge in [-0.05, 0) is 31.2 Å². The maximum Gasteiger partial charge on any atom is 0.0427 e. The standard InChI is InChI=1S/C11H15ClN2/c1-13-10-5-6-14(2)11-7-8(12)3-4-9(10)11/h3-4,7,10,13H,5-6H2,1-2H3. The van der Waals surface area contributed by atoms with Crippen molar-refractivity contribution in [3.63, 3.8) is 0 Å². The van der Waals surface area contributed by atoms with E-state index in [2.05, 4.69) is 23.3 Å². The minimum absolute atomic E-state index is 0.471. The molecule has 1 heterocycles. The molecule has 1 atom stereocenters. The fourth-order valence-electron chi connectivity index (χ4n) is 2.04. The predicted molar refractivity (Wildman–Crippen MR) is 61.1 cm³/mol. The number of anilines is 1. The van der Waals surface area contributed by atoms with Crippen molar-refractivity contribution in [3.05, 3.63) is 28.8 Å². The first-order valence-electron chi connectivity index (χ1n) is 4.90. The minimum atomic E-state index is 0.471. The summed E-state index contributed by atoms with van der Waals surface area (Å²) in [5.41, 5.74) is 2.61. The molecule has 0 fully saturated rings. The highest BCUT2D eigenvalue weighted by molar-refractivity contribution is 6.30. The Hall–Kier alpha value is -0.730. The van der Waals surface area contributed by atoms with Crippen molar-refractivity contribution in [1.82, 2.24) is 5.32 Å². The first-order chi connectivity index (χ1) is 6.72. The van der Waals surface area contributed by atoms with Crippen molar-refractivity contribution >= 4 is 17.3 Å². The molecule has 1 unspecified atom stereocenters. The van der Waals surface area contributed by atoms with Gasteiger partial charge in [-0.25, -0.2) is 0 Å². The van der Waals surface area contributed by atoms with Crippen molar-refractivity contribution in [1.29, 1.82) is 0 Å². The molecular weight excluding hydrogens is 196 g/mol. The van der Waals surface area contributed by atoms with Crippen LogP contribution in [0.25, 0.3) is 0 Å². The number of fused-ring (bicyclic) bond motifs is 1. The van der Waals surface area contributed by atoms with Crippen LogP contribution in [0.3, 0.4) is 0 Å². The smallest absolute Gasteiger partial charge is 0.0427 e. The number of rotatable bonds is 1. The van der Waals surface area contributed by atoms with Gasteiger partial charge in [-0.1, -0.05) is 17.7 Å². The molecule has 3 heteroatoms. The molecule has 2 nitrogen and oxygen atoms in total. The molecule has 2 rings (SSSR count). The second-order valence-corrected chi connectivity index (χ2v) is 4.19. The zero-order valence-electron chi connectivity index (χ0n) is 8.55. The van der Waals surface area contributed by atoms with Gasteiger partial charge in [0.15, 0.2) is 0 Å². The van der Waals surface area contributed by atoms with E-state index in [1.54, 1.807) is 0 Å². The van der Waals surface area contributed by atoms with E-state index in [9.17, 15) is 0 Å². The highest BCUT2D eigenvalue weighted by Crippen LogP contribution is 2.34. The van der Waals surface area contributed by atoms with Gasteiger partial charge in [-0.3, -0.25) is 0 Å². The summed E-state index contributed by atoms with van der Waals surface area (Å²) in [5, 5.41) is 4.14. The van der Waals surface area contributed by atoms with Crippen LogP contribution in [-0.2, 0) is 0 Å². The third kappa shape index (κ3) is 1.60. The lowest BCUT2D eigenvalue weighted by Crippen LogP contribution is -2.31. The van der Waals surface area contributed by atoms with Gasteiger partial charge in [-0.2, -0.15) is 0 Å². The summed E-state index contributed by atoms with van der Waals surface area (Å²) in [6.07, 6.45) is 1.15. The molecule has 76 valence electrons. The largest absolute Gasteiger partial charge is 0.374 e. The number of hydrogen-bond acceptors (Lipinski definition) is 2. The Morgan fingerprint density at radius 3 is 3.00 bits per heavy atom. The molecule has 0 saturated heterocycles. The van der Waals surface area contributed by atoms with Crippen LogP contribution < -0.4 is 10.2 Å². The zero-order chi connectivity index (χ0) is 10.1. The van der Waals surface area contributed by atoms with Crippen LogP contribution >= 0.6 is 11.6 Å². The van der Waals surface area contributed by atoms with E-state index < -0.39 is 0 Å². The van der Waals surface area contributed by atoms with E-state index in [1.165, 1.54) is 11.3 Å². The van der Waals surface area contributed by atoms with Crippen molar-refractivity contribution in [2.24, 2.45) is 0 Å². The molecule has 1 aliphatic heterocycles. The van der Waals surface area contributed by atoms with Crippen molar-refractivity contribution < 1.29 is 0 Å². The van der Waals surface area contributed by atoms with Gasteiger partial charge in [0.25, 0.3) is 0 Å². The summed E-state index contributed by atoms with van der Waals surface area (Å²) < 4.78 is 0. The van der Waals surface area contributed by atoms with Gasteiger partial charge in [-0.15, -0.1) is 0 Å². The Labute approximate surface area is 89.9 Å². The molecule has 0 amide bonds. The van der Waals surface area contributed by atoms with Crippen molar-refractivity contribution in [2.75, 3.05) is 25.5 Å². The highest BCUT2D eigenvalue weighted by atomic mass is 35.5. The molecule has 0 saturated carbocycles. The van der Waals surface area contributed by atoms with Gasteiger partial charge in [0.1, 0.15) is 0 Å². The molecule has 0 spiro atoms. The average molecular weight is 211 g/mol. The van der Waals surface area contributed by atoms with Crippen LogP contribution in [0.4, 0.5) is 5.69 Å². The topological polar surface area (TPSA) is 15.3 Å². The summed E-state index contributed by atoms with van der Waals surface area (Å²) in [6, 6.07) is 6.59. The second-order valence-electron chi connectivity index (χ2n) is 3.75. The molecule has 0 bridgehead atoms. The number of halogens is 1. The first kappa shape index (κ1) is 9.81. The van der Waals surface area contributed by atoms with Crippen LogP contribution in [0.15, 0.2) is 18.2 Å². The van der Waals surface area contributed by atoms with E-state index >= 15 is 0 Å². The van der Waals surface area contributed by atoms with E-state index in [0.29, 0.717) is 6.04 Å². The van der Waals surface area contributed by atoms with Crippen molar-refractivity contribution in [3.8, 4) is 0 Å². The summed E-state index contributed by atoms with van der Waals surface area (Å²) in [5.74, 6) is 0. The fourth-order valence-corrected chi connectivity index (χ4v) is 2.21. The van der Waals surface area contributed by atoms with Crippen LogP contribution in [0.2, 0.25) is 5.02 Å². The monoisotopic (exact) mass is 210 g/mol. The quantitative estimate of drug-likeness (QED) is 0.766. The Bertz CT molecular complexity index is 338. The van der Waals surface area contributed by atoms with Crippen LogP contribution in [0, 0.1) is 0 Å². The van der Waals surface area contributed by atoms with Gasteiger partial charge < -0.3 is 10.2 Å². The van der Waals surface area contributed by atoms with Crippen LogP contribution in [-0.4, -0.2) is 20.6 Å². The number of nitrogens with one attached hydrogen (secondary N) is 1. The van der Waals surface area contributed by atoms with Crippen LogP contribution in [0.1, 0.15) is 18.0 Å². The molecule has 1 aliphatic rings. The Kier molecular flexibility index (Phi) is 2.66. The maximum atomic E-state index is 5.99. The SMILES string of the molecule is CNC1CCN(C)c2cc(Cl)ccc21. The second kappa shape index (κ2) is 3.79. The zero-order valence-corrected chi connectivity index (χ0v) is 9.30.